The number of benzene rings is 2. The Balaban J connectivity index is 2.00. The van der Waals surface area contributed by atoms with Crippen LogP contribution in [-0.2, 0) is 4.79 Å². The molecule has 0 unspecified atom stereocenters. The van der Waals surface area contributed by atoms with Crippen molar-refractivity contribution in [1.82, 2.24) is 0 Å². The van der Waals surface area contributed by atoms with Crippen molar-refractivity contribution in [3.63, 3.8) is 0 Å². The van der Waals surface area contributed by atoms with Crippen LogP contribution in [0.3, 0.4) is 0 Å². The van der Waals surface area contributed by atoms with E-state index in [1.807, 2.05) is 32.0 Å². The quantitative estimate of drug-likeness (QED) is 0.927. The molecular formula is C17H18FNO2. The summed E-state index contributed by atoms with van der Waals surface area (Å²) in [5.41, 5.74) is 2.66. The molecule has 0 saturated carbocycles. The Morgan fingerprint density at radius 2 is 1.81 bits per heavy atom. The molecule has 2 aromatic carbocycles. The second-order valence-corrected chi connectivity index (χ2v) is 5.03. The van der Waals surface area contributed by atoms with Gasteiger partial charge in [0.05, 0.1) is 0 Å². The second-order valence-electron chi connectivity index (χ2n) is 5.03. The van der Waals surface area contributed by atoms with E-state index in [4.69, 9.17) is 4.74 Å². The Morgan fingerprint density at radius 3 is 2.43 bits per heavy atom. The van der Waals surface area contributed by atoms with Crippen LogP contribution in [0.1, 0.15) is 18.1 Å². The number of anilines is 1. The topological polar surface area (TPSA) is 38.3 Å². The number of halogens is 1. The summed E-state index contributed by atoms with van der Waals surface area (Å²) in [5.74, 6) is 0.0662. The standard InChI is InChI=1S/C17H18FNO2/c1-11-4-9-16(12(2)10-11)21-13(3)17(20)19-15-7-5-14(18)6-8-15/h4-10,13H,1-3H3,(H,19,20)/t13-/m0/s1. The van der Waals surface area contributed by atoms with Gasteiger partial charge in [0.25, 0.3) is 5.91 Å². The van der Waals surface area contributed by atoms with E-state index in [9.17, 15) is 9.18 Å². The van der Waals surface area contributed by atoms with Gasteiger partial charge in [-0.25, -0.2) is 4.39 Å². The molecule has 3 nitrogen and oxygen atoms in total. The average Bonchev–Trinajstić information content (AvgIpc) is 2.44. The number of hydrogen-bond acceptors (Lipinski definition) is 2. The SMILES string of the molecule is Cc1ccc(O[C@@H](C)C(=O)Nc2ccc(F)cc2)c(C)c1. The molecule has 4 heteroatoms. The van der Waals surface area contributed by atoms with Gasteiger partial charge in [0.2, 0.25) is 0 Å². The van der Waals surface area contributed by atoms with Crippen molar-refractivity contribution in [1.29, 1.82) is 0 Å². The first kappa shape index (κ1) is 15.0. The zero-order valence-corrected chi connectivity index (χ0v) is 12.3. The molecule has 110 valence electrons. The average molecular weight is 287 g/mol. The van der Waals surface area contributed by atoms with Gasteiger partial charge in [-0.1, -0.05) is 17.7 Å². The number of nitrogens with one attached hydrogen (secondary N) is 1. The lowest BCUT2D eigenvalue weighted by Gasteiger charge is -2.16. The number of amides is 1. The van der Waals surface area contributed by atoms with Crippen LogP contribution in [0.15, 0.2) is 42.5 Å². The highest BCUT2D eigenvalue weighted by Crippen LogP contribution is 2.20. The van der Waals surface area contributed by atoms with E-state index in [2.05, 4.69) is 5.32 Å². The fourth-order valence-electron chi connectivity index (χ4n) is 1.95. The lowest BCUT2D eigenvalue weighted by molar-refractivity contribution is -0.122. The highest BCUT2D eigenvalue weighted by atomic mass is 19.1. The zero-order valence-electron chi connectivity index (χ0n) is 12.3. The summed E-state index contributed by atoms with van der Waals surface area (Å²) in [4.78, 5) is 12.1. The van der Waals surface area contributed by atoms with Gasteiger partial charge in [0.1, 0.15) is 11.6 Å². The molecule has 0 fully saturated rings. The molecule has 2 aromatic rings. The minimum Gasteiger partial charge on any atom is -0.481 e. The first-order chi connectivity index (χ1) is 9.95. The van der Waals surface area contributed by atoms with Crippen molar-refractivity contribution in [2.24, 2.45) is 0 Å². The minimum absolute atomic E-state index is 0.276. The summed E-state index contributed by atoms with van der Waals surface area (Å²) in [6.45, 7) is 5.62. The third-order valence-electron chi connectivity index (χ3n) is 3.12. The normalized spacial score (nSPS) is 11.8. The number of aryl methyl sites for hydroxylation is 2. The highest BCUT2D eigenvalue weighted by molar-refractivity contribution is 5.94. The summed E-state index contributed by atoms with van der Waals surface area (Å²) >= 11 is 0. The predicted octanol–water partition coefficient (Wildman–Crippen LogP) is 3.85. The monoisotopic (exact) mass is 287 g/mol. The summed E-state index contributed by atoms with van der Waals surface area (Å²) in [6, 6.07) is 11.4. The third kappa shape index (κ3) is 4.05. The van der Waals surface area contributed by atoms with Gasteiger partial charge in [-0.05, 0) is 56.7 Å². The molecule has 0 bridgehead atoms. The molecule has 0 aromatic heterocycles. The zero-order chi connectivity index (χ0) is 15.4. The fourth-order valence-corrected chi connectivity index (χ4v) is 1.95. The van der Waals surface area contributed by atoms with E-state index in [1.165, 1.54) is 24.3 Å². The third-order valence-corrected chi connectivity index (χ3v) is 3.12. The molecule has 0 aliphatic rings. The van der Waals surface area contributed by atoms with Crippen molar-refractivity contribution in [2.45, 2.75) is 26.9 Å². The summed E-state index contributed by atoms with van der Waals surface area (Å²) < 4.78 is 18.5. The van der Waals surface area contributed by atoms with Crippen molar-refractivity contribution in [3.05, 3.63) is 59.4 Å². The van der Waals surface area contributed by atoms with Gasteiger partial charge >= 0.3 is 0 Å². The summed E-state index contributed by atoms with van der Waals surface area (Å²) in [6.07, 6.45) is -0.642. The largest absolute Gasteiger partial charge is 0.481 e. The minimum atomic E-state index is -0.642. The smallest absolute Gasteiger partial charge is 0.265 e. The molecule has 1 N–H and O–H groups in total. The molecule has 1 amide bonds. The van der Waals surface area contributed by atoms with E-state index in [1.54, 1.807) is 6.92 Å². The number of rotatable bonds is 4. The van der Waals surface area contributed by atoms with Crippen LogP contribution in [-0.4, -0.2) is 12.0 Å². The molecule has 0 saturated heterocycles. The number of carbonyl (C=O) groups is 1. The Labute approximate surface area is 123 Å². The molecule has 0 radical (unpaired) electrons. The van der Waals surface area contributed by atoms with Crippen LogP contribution in [0.4, 0.5) is 10.1 Å². The molecule has 0 aliphatic heterocycles. The second kappa shape index (κ2) is 6.39. The van der Waals surface area contributed by atoms with E-state index >= 15 is 0 Å². The molecule has 2 rings (SSSR count). The van der Waals surface area contributed by atoms with Crippen molar-refractivity contribution < 1.29 is 13.9 Å². The Morgan fingerprint density at radius 1 is 1.14 bits per heavy atom. The van der Waals surface area contributed by atoms with E-state index < -0.39 is 6.10 Å². The lowest BCUT2D eigenvalue weighted by Crippen LogP contribution is -2.30. The number of carbonyl (C=O) groups excluding carboxylic acids is 1. The Bertz CT molecular complexity index is 638. The van der Waals surface area contributed by atoms with Crippen LogP contribution < -0.4 is 10.1 Å². The maximum atomic E-state index is 12.8. The molecular weight excluding hydrogens is 269 g/mol. The highest BCUT2D eigenvalue weighted by Gasteiger charge is 2.15. The number of ether oxygens (including phenoxy) is 1. The molecule has 1 atom stereocenters. The van der Waals surface area contributed by atoms with Gasteiger partial charge in [-0.2, -0.15) is 0 Å². The Kier molecular flexibility index (Phi) is 4.58. The maximum Gasteiger partial charge on any atom is 0.265 e. The molecule has 0 spiro atoms. The number of hydrogen-bond donors (Lipinski definition) is 1. The summed E-state index contributed by atoms with van der Waals surface area (Å²) in [7, 11) is 0. The van der Waals surface area contributed by atoms with Crippen LogP contribution in [0.25, 0.3) is 0 Å². The van der Waals surface area contributed by atoms with Crippen molar-refractivity contribution in [2.75, 3.05) is 5.32 Å². The first-order valence-corrected chi connectivity index (χ1v) is 6.76. The van der Waals surface area contributed by atoms with Gasteiger partial charge in [0, 0.05) is 5.69 Å². The summed E-state index contributed by atoms with van der Waals surface area (Å²) in [5, 5.41) is 2.69. The van der Waals surface area contributed by atoms with Crippen LogP contribution >= 0.6 is 0 Å². The van der Waals surface area contributed by atoms with Gasteiger partial charge in [-0.3, -0.25) is 4.79 Å². The predicted molar refractivity (Wildman–Crippen MR) is 81.0 cm³/mol. The van der Waals surface area contributed by atoms with Gasteiger partial charge < -0.3 is 10.1 Å². The fraction of sp³-hybridized carbons (Fsp3) is 0.235. The van der Waals surface area contributed by atoms with E-state index in [-0.39, 0.29) is 11.7 Å². The maximum absolute atomic E-state index is 12.8. The van der Waals surface area contributed by atoms with Crippen LogP contribution in [0.2, 0.25) is 0 Å². The van der Waals surface area contributed by atoms with Crippen molar-refractivity contribution in [3.8, 4) is 5.75 Å². The van der Waals surface area contributed by atoms with E-state index in [0.29, 0.717) is 11.4 Å². The lowest BCUT2D eigenvalue weighted by atomic mass is 10.1. The van der Waals surface area contributed by atoms with Crippen LogP contribution in [0.5, 0.6) is 5.75 Å². The molecule has 21 heavy (non-hydrogen) atoms. The van der Waals surface area contributed by atoms with Gasteiger partial charge in [0.15, 0.2) is 6.10 Å². The van der Waals surface area contributed by atoms with Crippen molar-refractivity contribution >= 4 is 11.6 Å². The van der Waals surface area contributed by atoms with Crippen LogP contribution in [0, 0.1) is 19.7 Å². The molecule has 0 aliphatic carbocycles. The Hall–Kier alpha value is -2.36. The van der Waals surface area contributed by atoms with Gasteiger partial charge in [-0.15, -0.1) is 0 Å². The first-order valence-electron chi connectivity index (χ1n) is 6.76. The molecule has 0 heterocycles. The van der Waals surface area contributed by atoms with E-state index in [0.717, 1.165) is 11.1 Å².